The van der Waals surface area contributed by atoms with Gasteiger partial charge in [0.25, 0.3) is 0 Å². The number of amides is 2. The van der Waals surface area contributed by atoms with Crippen molar-refractivity contribution in [2.75, 3.05) is 26.3 Å². The van der Waals surface area contributed by atoms with Gasteiger partial charge in [-0.2, -0.15) is 12.8 Å². The molecule has 2 saturated heterocycles. The van der Waals surface area contributed by atoms with Gasteiger partial charge in [0.2, 0.25) is 0 Å². The molecule has 2 unspecified atom stereocenters. The fourth-order valence-electron chi connectivity index (χ4n) is 3.34. The summed E-state index contributed by atoms with van der Waals surface area (Å²) in [6, 6.07) is -0.962. The molecule has 0 N–H and O–H groups in total. The molecule has 2 atom stereocenters. The molecule has 10 heteroatoms. The molecule has 0 saturated carbocycles. The van der Waals surface area contributed by atoms with Crippen LogP contribution in [0.1, 0.15) is 51.4 Å². The number of hydrogen-bond acceptors (Lipinski definition) is 6. The van der Waals surface area contributed by atoms with Crippen molar-refractivity contribution >= 4 is 24.8 Å². The van der Waals surface area contributed by atoms with Crippen LogP contribution in [-0.4, -0.2) is 72.9 Å². The quantitative estimate of drug-likeness (QED) is 0.129. The normalized spacial score (nSPS) is 20.7. The zero-order valence-electron chi connectivity index (χ0n) is 17.0. The zero-order valence-corrected chi connectivity index (χ0v) is 29.5. The van der Waals surface area contributed by atoms with Crippen LogP contribution in [0.4, 0.5) is 0 Å². The van der Waals surface area contributed by atoms with Gasteiger partial charge in [-0.15, -0.1) is 0 Å². The maximum absolute atomic E-state index is 11.9. The molecule has 146 valence electrons. The first kappa shape index (κ1) is 30.0. The maximum Gasteiger partial charge on any atom is 1.00 e. The van der Waals surface area contributed by atoms with Gasteiger partial charge in [0, 0.05) is 0 Å². The second-order valence-corrected chi connectivity index (χ2v) is 6.63. The smallest absolute Gasteiger partial charge is 0.520 e. The van der Waals surface area contributed by atoms with E-state index in [4.69, 9.17) is 9.47 Å². The minimum absolute atomic E-state index is 0. The van der Waals surface area contributed by atoms with E-state index in [0.717, 1.165) is 38.5 Å². The van der Waals surface area contributed by atoms with E-state index in [0.29, 0.717) is 39.1 Å². The molecule has 2 amide bonds. The van der Waals surface area contributed by atoms with Gasteiger partial charge in [-0.3, -0.25) is 0 Å². The number of hydrogen-bond donors (Lipinski definition) is 0. The van der Waals surface area contributed by atoms with E-state index in [1.807, 2.05) is 0 Å². The van der Waals surface area contributed by atoms with Gasteiger partial charge in [-0.25, -0.2) is 9.59 Å². The van der Waals surface area contributed by atoms with Crippen LogP contribution in [0, 0.1) is 0 Å². The Labute approximate surface area is 284 Å². The second-order valence-electron chi connectivity index (χ2n) is 6.63. The SMILES string of the molecule is O=[C-]N1CCCC1C(=O)OCCCCCCOC(=O)C1CCCN1[C-]=O.[Cs+].[Cs+]. The Morgan fingerprint density at radius 3 is 1.50 bits per heavy atom. The number of esters is 2. The van der Waals surface area contributed by atoms with Gasteiger partial charge >= 0.3 is 150 Å². The molecular weight excluding hydrogens is 606 g/mol. The monoisotopic (exact) mass is 632 g/mol. The number of ether oxygens (including phenoxy) is 2. The van der Waals surface area contributed by atoms with E-state index in [2.05, 4.69) is 0 Å². The summed E-state index contributed by atoms with van der Waals surface area (Å²) in [6.07, 6.45) is 9.60. The molecule has 0 spiro atoms. The van der Waals surface area contributed by atoms with Crippen LogP contribution in [0.15, 0.2) is 0 Å². The average molecular weight is 632 g/mol. The summed E-state index contributed by atoms with van der Waals surface area (Å²) in [5.74, 6) is -0.708. The van der Waals surface area contributed by atoms with Crippen LogP contribution in [0.5, 0.6) is 0 Å². The van der Waals surface area contributed by atoms with Gasteiger partial charge in [-0.1, -0.05) is 0 Å². The predicted molar refractivity (Wildman–Crippen MR) is 91.2 cm³/mol. The van der Waals surface area contributed by atoms with Crippen LogP contribution in [-0.2, 0) is 28.7 Å². The molecule has 2 fully saturated rings. The summed E-state index contributed by atoms with van der Waals surface area (Å²) in [5, 5.41) is 0. The first-order valence-electron chi connectivity index (χ1n) is 9.29. The predicted octanol–water partition coefficient (Wildman–Crippen LogP) is -5.30. The van der Waals surface area contributed by atoms with Crippen LogP contribution >= 0.6 is 0 Å². The van der Waals surface area contributed by atoms with E-state index >= 15 is 0 Å². The molecule has 2 heterocycles. The minimum atomic E-state index is -0.481. The van der Waals surface area contributed by atoms with Crippen molar-refractivity contribution in [1.82, 2.24) is 9.80 Å². The Morgan fingerprint density at radius 1 is 0.750 bits per heavy atom. The van der Waals surface area contributed by atoms with E-state index in [9.17, 15) is 19.2 Å². The number of nitrogens with zero attached hydrogens (tertiary/aromatic N) is 2. The third kappa shape index (κ3) is 10.1. The molecule has 0 aromatic heterocycles. The Hall–Kier alpha value is 1.98. The standard InChI is InChI=1S/C18H26N2O6.2Cs/c21-13-19-9-5-7-15(19)17(23)25-11-3-1-2-4-12-26-18(24)16-8-6-10-20(16)14-22;;/h15-16H,1-12H2;;/q-2;2*+1. The average Bonchev–Trinajstić information content (AvgIpc) is 3.32. The number of unbranched alkanes of at least 4 members (excludes halogenated alkanes) is 3. The Morgan fingerprint density at radius 2 is 1.14 bits per heavy atom. The number of carbonyl (C=O) groups excluding carboxylic acids is 4. The van der Waals surface area contributed by atoms with E-state index in [-0.39, 0.29) is 150 Å². The number of carbonyl (C=O) groups is 2. The topological polar surface area (TPSA) is 93.2 Å². The zero-order chi connectivity index (χ0) is 18.8. The van der Waals surface area contributed by atoms with Crippen molar-refractivity contribution in [2.45, 2.75) is 63.5 Å². The molecule has 28 heavy (non-hydrogen) atoms. The Balaban J connectivity index is 0.00000364. The third-order valence-corrected chi connectivity index (χ3v) is 4.81. The van der Waals surface area contributed by atoms with Crippen LogP contribution in [0.2, 0.25) is 0 Å². The van der Waals surface area contributed by atoms with E-state index < -0.39 is 12.1 Å². The van der Waals surface area contributed by atoms with Crippen molar-refractivity contribution in [1.29, 1.82) is 0 Å². The number of rotatable bonds is 11. The third-order valence-electron chi connectivity index (χ3n) is 4.81. The molecule has 8 nitrogen and oxygen atoms in total. The van der Waals surface area contributed by atoms with Crippen molar-refractivity contribution in [2.24, 2.45) is 0 Å². The van der Waals surface area contributed by atoms with Gasteiger partial charge in [-0.05, 0) is 64.5 Å². The van der Waals surface area contributed by atoms with Gasteiger partial charge in [0.05, 0.1) is 25.3 Å². The van der Waals surface area contributed by atoms with Crippen molar-refractivity contribution in [3.05, 3.63) is 0 Å². The van der Waals surface area contributed by atoms with E-state index in [1.54, 1.807) is 12.8 Å². The summed E-state index contributed by atoms with van der Waals surface area (Å²) < 4.78 is 10.4. The van der Waals surface area contributed by atoms with Crippen molar-refractivity contribution in [3.8, 4) is 0 Å². The first-order chi connectivity index (χ1) is 12.7. The molecule has 0 aromatic rings. The molecule has 0 aromatic carbocycles. The van der Waals surface area contributed by atoms with Crippen molar-refractivity contribution in [3.63, 3.8) is 0 Å². The molecule has 2 aliphatic heterocycles. The van der Waals surface area contributed by atoms with Crippen LogP contribution < -0.4 is 138 Å². The Bertz CT molecular complexity index is 464. The molecule has 2 rings (SSSR count). The largest absolute Gasteiger partial charge is 1.00 e. The van der Waals surface area contributed by atoms with E-state index in [1.165, 1.54) is 9.80 Å². The molecule has 0 radical (unpaired) electrons. The van der Waals surface area contributed by atoms with Crippen molar-refractivity contribution < 1.29 is 166 Å². The van der Waals surface area contributed by atoms with Gasteiger partial charge in [0.15, 0.2) is 0 Å². The summed E-state index contributed by atoms with van der Waals surface area (Å²) in [5.41, 5.74) is 0. The molecule has 2 aliphatic rings. The van der Waals surface area contributed by atoms with Gasteiger partial charge < -0.3 is 28.9 Å². The summed E-state index contributed by atoms with van der Waals surface area (Å²) in [7, 11) is 0. The summed E-state index contributed by atoms with van der Waals surface area (Å²) in [6.45, 7) is 1.78. The molecule has 0 aliphatic carbocycles. The summed E-state index contributed by atoms with van der Waals surface area (Å²) >= 11 is 0. The first-order valence-corrected chi connectivity index (χ1v) is 9.29. The fourth-order valence-corrected chi connectivity index (χ4v) is 3.34. The van der Waals surface area contributed by atoms with Gasteiger partial charge in [0.1, 0.15) is 0 Å². The molecule has 0 bridgehead atoms. The summed E-state index contributed by atoms with van der Waals surface area (Å²) in [4.78, 5) is 47.9. The molecular formula is C18H26Cs2N2O6. The Kier molecular flexibility index (Phi) is 18.8. The minimum Gasteiger partial charge on any atom is -0.520 e. The maximum atomic E-state index is 11.9. The second kappa shape index (κ2) is 17.5. The van der Waals surface area contributed by atoms with Crippen LogP contribution in [0.3, 0.4) is 0 Å². The van der Waals surface area contributed by atoms with Crippen LogP contribution in [0.25, 0.3) is 0 Å². The number of likely N-dealkylation sites (tertiary alicyclic amines) is 2. The fraction of sp³-hybridized carbons (Fsp3) is 0.778.